The van der Waals surface area contributed by atoms with Gasteiger partial charge in [0.2, 0.25) is 10.0 Å². The predicted molar refractivity (Wildman–Crippen MR) is 149 cm³/mol. The number of ether oxygens (including phenoxy) is 1. The summed E-state index contributed by atoms with van der Waals surface area (Å²) in [6.07, 6.45) is -2.47. The molecule has 0 bridgehead atoms. The Hall–Kier alpha value is -2.51. The number of anilines is 1. The zero-order valence-corrected chi connectivity index (χ0v) is 24.0. The van der Waals surface area contributed by atoms with E-state index in [4.69, 9.17) is 4.74 Å². The van der Waals surface area contributed by atoms with Gasteiger partial charge in [-0.05, 0) is 62.1 Å². The zero-order chi connectivity index (χ0) is 28.0. The highest BCUT2D eigenvalue weighted by Gasteiger charge is 2.32. The van der Waals surface area contributed by atoms with Crippen molar-refractivity contribution in [1.29, 1.82) is 0 Å². The largest absolute Gasteiger partial charge is 0.497 e. The molecule has 0 radical (unpaired) electrons. The highest BCUT2D eigenvalue weighted by molar-refractivity contribution is 8.00. The van der Waals surface area contributed by atoms with Crippen LogP contribution in [-0.2, 0) is 16.4 Å². The Morgan fingerprint density at radius 2 is 1.89 bits per heavy atom. The van der Waals surface area contributed by atoms with Crippen molar-refractivity contribution in [2.45, 2.75) is 67.6 Å². The van der Waals surface area contributed by atoms with E-state index in [2.05, 4.69) is 48.0 Å². The molecule has 1 aliphatic rings. The Labute approximate surface area is 229 Å². The van der Waals surface area contributed by atoms with Crippen molar-refractivity contribution in [1.82, 2.24) is 15.4 Å². The maximum absolute atomic E-state index is 13.1. The van der Waals surface area contributed by atoms with Crippen molar-refractivity contribution < 1.29 is 28.2 Å². The lowest BCUT2D eigenvalue weighted by atomic mass is 10.0. The van der Waals surface area contributed by atoms with E-state index in [9.17, 15) is 23.4 Å². The van der Waals surface area contributed by atoms with Crippen molar-refractivity contribution in [3.05, 3.63) is 48.0 Å². The molecule has 0 saturated heterocycles. The zero-order valence-electron chi connectivity index (χ0n) is 22.3. The number of carboxylic acid groups (broad SMARTS) is 1. The summed E-state index contributed by atoms with van der Waals surface area (Å²) in [7, 11) is -2.44. The van der Waals surface area contributed by atoms with Crippen LogP contribution in [0.1, 0.15) is 33.3 Å². The number of benzene rings is 2. The van der Waals surface area contributed by atoms with E-state index in [1.807, 2.05) is 6.07 Å². The molecule has 1 heterocycles. The molecule has 2 aromatic carbocycles. The van der Waals surface area contributed by atoms with Crippen LogP contribution in [0, 0.1) is 5.92 Å². The lowest BCUT2D eigenvalue weighted by molar-refractivity contribution is 0.122. The van der Waals surface area contributed by atoms with Crippen LogP contribution in [0.2, 0.25) is 0 Å². The smallest absolute Gasteiger partial charge is 0.404 e. The molecule has 2 aromatic rings. The van der Waals surface area contributed by atoms with Crippen molar-refractivity contribution in [2.75, 3.05) is 25.1 Å². The molecular formula is C26H38N4O6S2. The predicted octanol–water partition coefficient (Wildman–Crippen LogP) is 3.06. The van der Waals surface area contributed by atoms with E-state index in [1.54, 1.807) is 48.2 Å². The molecule has 210 valence electrons. The molecule has 1 unspecified atom stereocenters. The first kappa shape index (κ1) is 30.0. The first-order valence-corrected chi connectivity index (χ1v) is 14.9. The Kier molecular flexibility index (Phi) is 10.3. The van der Waals surface area contributed by atoms with Gasteiger partial charge >= 0.3 is 6.09 Å². The first-order chi connectivity index (χ1) is 17.9. The highest BCUT2D eigenvalue weighted by atomic mass is 32.2. The van der Waals surface area contributed by atoms with Gasteiger partial charge in [-0.25, -0.2) is 17.9 Å². The van der Waals surface area contributed by atoms with Gasteiger partial charge < -0.3 is 25.2 Å². The van der Waals surface area contributed by atoms with Crippen LogP contribution in [0.3, 0.4) is 0 Å². The third-order valence-corrected chi connectivity index (χ3v) is 8.57. The van der Waals surface area contributed by atoms with Gasteiger partial charge in [0.1, 0.15) is 11.2 Å². The fraction of sp³-hybridized carbons (Fsp3) is 0.500. The van der Waals surface area contributed by atoms with Crippen LogP contribution in [0.4, 0.5) is 10.5 Å². The number of carbonyl (C=O) groups is 1. The maximum Gasteiger partial charge on any atom is 0.404 e. The van der Waals surface area contributed by atoms with Gasteiger partial charge in [-0.3, -0.25) is 5.32 Å². The number of aliphatic hydroxyl groups is 1. The van der Waals surface area contributed by atoms with Crippen molar-refractivity contribution in [3.8, 4) is 5.75 Å². The Morgan fingerprint density at radius 3 is 2.53 bits per heavy atom. The molecule has 38 heavy (non-hydrogen) atoms. The SMILES string of the molecule is COc1cccc(C[C@H](NC(=O)O)[C@@H](O)CNS(=O)(=O)c2ccc3c(c2)SC(NC(C)C)N3CC(C)C)c1. The van der Waals surface area contributed by atoms with E-state index in [0.29, 0.717) is 11.7 Å². The molecule has 0 fully saturated rings. The number of nitrogens with zero attached hydrogens (tertiary/aromatic N) is 1. The fourth-order valence-electron chi connectivity index (χ4n) is 4.22. The molecular weight excluding hydrogens is 528 g/mol. The number of amides is 1. The number of fused-ring (bicyclic) bond motifs is 1. The lowest BCUT2D eigenvalue weighted by Gasteiger charge is -2.30. The molecule has 12 heteroatoms. The van der Waals surface area contributed by atoms with Crippen molar-refractivity contribution in [3.63, 3.8) is 0 Å². The Balaban J connectivity index is 1.73. The lowest BCUT2D eigenvalue weighted by Crippen LogP contribution is -2.49. The Bertz CT molecular complexity index is 1210. The average molecular weight is 567 g/mol. The van der Waals surface area contributed by atoms with Gasteiger partial charge in [0.05, 0.1) is 29.8 Å². The molecule has 5 N–H and O–H groups in total. The number of aliphatic hydroxyl groups excluding tert-OH is 1. The summed E-state index contributed by atoms with van der Waals surface area (Å²) in [6, 6.07) is 11.4. The van der Waals surface area contributed by atoms with E-state index >= 15 is 0 Å². The molecule has 0 aliphatic carbocycles. The number of sulfonamides is 1. The summed E-state index contributed by atoms with van der Waals surface area (Å²) in [5, 5.41) is 25.8. The van der Waals surface area contributed by atoms with Gasteiger partial charge in [0, 0.05) is 24.0 Å². The minimum Gasteiger partial charge on any atom is -0.497 e. The highest BCUT2D eigenvalue weighted by Crippen LogP contribution is 2.43. The first-order valence-electron chi connectivity index (χ1n) is 12.5. The maximum atomic E-state index is 13.1. The number of thioether (sulfide) groups is 1. The second-order valence-corrected chi connectivity index (χ2v) is 12.9. The molecule has 0 aromatic heterocycles. The molecule has 0 spiro atoms. The quantitative estimate of drug-likeness (QED) is 0.247. The van der Waals surface area contributed by atoms with Crippen LogP contribution in [0.5, 0.6) is 5.75 Å². The summed E-state index contributed by atoms with van der Waals surface area (Å²) in [5.74, 6) is 1.02. The van der Waals surface area contributed by atoms with Crippen LogP contribution in [0.15, 0.2) is 52.3 Å². The summed E-state index contributed by atoms with van der Waals surface area (Å²) >= 11 is 1.57. The topological polar surface area (TPSA) is 140 Å². The summed E-state index contributed by atoms with van der Waals surface area (Å²) < 4.78 is 33.9. The monoisotopic (exact) mass is 566 g/mol. The number of nitrogens with one attached hydrogen (secondary N) is 3. The molecule has 3 atom stereocenters. The molecule has 0 saturated carbocycles. The van der Waals surface area contributed by atoms with Crippen LogP contribution in [0.25, 0.3) is 0 Å². The third-order valence-electron chi connectivity index (χ3n) is 5.96. The van der Waals surface area contributed by atoms with E-state index in [1.165, 1.54) is 7.11 Å². The van der Waals surface area contributed by atoms with Crippen molar-refractivity contribution >= 4 is 33.6 Å². The van der Waals surface area contributed by atoms with Gasteiger partial charge in [-0.1, -0.05) is 37.7 Å². The van der Waals surface area contributed by atoms with Gasteiger partial charge in [0.25, 0.3) is 0 Å². The number of methoxy groups -OCH3 is 1. The fourth-order valence-corrected chi connectivity index (χ4v) is 6.78. The molecule has 3 rings (SSSR count). The van der Waals surface area contributed by atoms with Crippen LogP contribution >= 0.6 is 11.8 Å². The van der Waals surface area contributed by atoms with E-state index in [-0.39, 0.29) is 29.4 Å². The minimum atomic E-state index is -3.96. The summed E-state index contributed by atoms with van der Waals surface area (Å²) in [6.45, 7) is 8.89. The molecule has 1 amide bonds. The minimum absolute atomic E-state index is 0.000373. The third kappa shape index (κ3) is 8.00. The Morgan fingerprint density at radius 1 is 1.16 bits per heavy atom. The van der Waals surface area contributed by atoms with E-state index < -0.39 is 28.3 Å². The average Bonchev–Trinajstić information content (AvgIpc) is 3.16. The van der Waals surface area contributed by atoms with Crippen molar-refractivity contribution in [2.24, 2.45) is 5.92 Å². The number of hydrogen-bond donors (Lipinski definition) is 5. The summed E-state index contributed by atoms with van der Waals surface area (Å²) in [5.41, 5.74) is 1.71. The van der Waals surface area contributed by atoms with Gasteiger partial charge in [0.15, 0.2) is 0 Å². The normalized spacial score (nSPS) is 16.9. The standard InChI is InChI=1S/C26H38N4O6S2/c1-16(2)15-30-22-10-9-20(13-24(22)37-25(30)28-17(3)4)38(34,35)27-14-23(31)21(29-26(32)33)12-18-7-6-8-19(11-18)36-5/h6-11,13,16-17,21,23,25,27-29,31H,12,14-15H2,1-5H3,(H,32,33)/t21-,23-,25?/m0/s1. The second kappa shape index (κ2) is 13.0. The van der Waals surface area contributed by atoms with E-state index in [0.717, 1.165) is 22.7 Å². The number of rotatable bonds is 13. The van der Waals surface area contributed by atoms with Gasteiger partial charge in [-0.2, -0.15) is 0 Å². The number of hydrogen-bond acceptors (Lipinski definition) is 8. The van der Waals surface area contributed by atoms with Crippen LogP contribution in [-0.4, -0.2) is 68.6 Å². The summed E-state index contributed by atoms with van der Waals surface area (Å²) in [4.78, 5) is 14.5. The van der Waals surface area contributed by atoms with Gasteiger partial charge in [-0.15, -0.1) is 0 Å². The molecule has 1 aliphatic heterocycles. The van der Waals surface area contributed by atoms with Crippen LogP contribution < -0.4 is 25.0 Å². The molecule has 10 nitrogen and oxygen atoms in total. The second-order valence-electron chi connectivity index (χ2n) is 10.00.